The molecule has 0 aliphatic heterocycles. The molecule has 0 heterocycles. The molecule has 1 atom stereocenters. The van der Waals surface area contributed by atoms with Gasteiger partial charge in [-0.1, -0.05) is 4.39 Å². The summed E-state index contributed by atoms with van der Waals surface area (Å²) in [6.07, 6.45) is -38.3. The minimum Gasteiger partial charge on any atom is -0.262 e. The monoisotopic (exact) mass is 500 g/mol. The Balaban J connectivity index is 6.50. The van der Waals surface area contributed by atoms with Crippen LogP contribution in [0.5, 0.6) is 0 Å². The zero-order valence-electron chi connectivity index (χ0n) is 12.0. The van der Waals surface area contributed by atoms with Gasteiger partial charge in [0.25, 0.3) is 0 Å². The fourth-order valence-electron chi connectivity index (χ4n) is 0.988. The molecule has 0 bridgehead atoms. The van der Waals surface area contributed by atoms with Gasteiger partial charge in [-0.3, -0.25) is 4.74 Å². The summed E-state index contributed by atoms with van der Waals surface area (Å²) in [5, 5.41) is -7.47. The lowest BCUT2D eigenvalue weighted by Gasteiger charge is -2.38. The van der Waals surface area contributed by atoms with Crippen LogP contribution < -0.4 is 0 Å². The molecule has 0 saturated carbocycles. The van der Waals surface area contributed by atoms with Gasteiger partial charge >= 0.3 is 51.9 Å². The van der Waals surface area contributed by atoms with Crippen molar-refractivity contribution in [2.75, 3.05) is 0 Å². The molecular formula is C7F16O5S. The van der Waals surface area contributed by atoms with Gasteiger partial charge < -0.3 is 0 Å². The molecule has 0 aliphatic rings. The molecule has 0 aromatic carbocycles. The van der Waals surface area contributed by atoms with E-state index in [0.717, 1.165) is 0 Å². The second-order valence-corrected chi connectivity index (χ2v) is 5.93. The predicted molar refractivity (Wildman–Crippen MR) is 49.0 cm³/mol. The summed E-state index contributed by atoms with van der Waals surface area (Å²) in [7, 11) is -7.70. The molecule has 1 unspecified atom stereocenters. The Hall–Kier alpha value is -1.29. The first-order valence-electron chi connectivity index (χ1n) is 5.51. The lowest BCUT2D eigenvalue weighted by molar-refractivity contribution is -0.551. The Morgan fingerprint density at radius 1 is 0.517 bits per heavy atom. The van der Waals surface area contributed by atoms with Gasteiger partial charge in [0.2, 0.25) is 0 Å². The SMILES string of the molecule is O=S(=O)(OF)C(F)(F)C(F)(F)OC(F)(C(F)(F)F)C(F)(F)OC(F)(F)C(F)(F)F. The quantitative estimate of drug-likeness (QED) is 0.463. The second kappa shape index (κ2) is 7.14. The van der Waals surface area contributed by atoms with Crippen LogP contribution in [0.25, 0.3) is 0 Å². The Labute approximate surface area is 146 Å². The second-order valence-electron chi connectivity index (χ2n) is 4.38. The molecule has 0 aromatic heterocycles. The fourth-order valence-corrected chi connectivity index (χ4v) is 1.40. The van der Waals surface area contributed by atoms with Crippen LogP contribution in [0.2, 0.25) is 0 Å². The van der Waals surface area contributed by atoms with Crippen LogP contribution in [0.1, 0.15) is 0 Å². The average Bonchev–Trinajstić information content (AvgIpc) is 2.42. The van der Waals surface area contributed by atoms with Crippen LogP contribution in [-0.2, 0) is 24.0 Å². The summed E-state index contributed by atoms with van der Waals surface area (Å²) >= 11 is 0. The van der Waals surface area contributed by atoms with E-state index in [1.807, 2.05) is 0 Å². The van der Waals surface area contributed by atoms with E-state index in [1.165, 1.54) is 13.9 Å². The highest BCUT2D eigenvalue weighted by Crippen LogP contribution is 2.55. The van der Waals surface area contributed by atoms with Crippen LogP contribution in [0, 0.1) is 0 Å². The van der Waals surface area contributed by atoms with E-state index in [-0.39, 0.29) is 0 Å². The maximum absolute atomic E-state index is 13.4. The first kappa shape index (κ1) is 27.7. The Bertz CT molecular complexity index is 693. The van der Waals surface area contributed by atoms with E-state index >= 15 is 0 Å². The van der Waals surface area contributed by atoms with Crippen molar-refractivity contribution in [3.63, 3.8) is 0 Å². The van der Waals surface area contributed by atoms with Crippen LogP contribution in [0.3, 0.4) is 0 Å². The van der Waals surface area contributed by atoms with Crippen LogP contribution in [0.15, 0.2) is 0 Å². The molecule has 0 rings (SSSR count). The molecule has 0 aliphatic carbocycles. The fraction of sp³-hybridized carbons (Fsp3) is 1.00. The molecule has 29 heavy (non-hydrogen) atoms. The number of hydrogen-bond donors (Lipinski definition) is 0. The van der Waals surface area contributed by atoms with Crippen molar-refractivity contribution < 1.29 is 92.7 Å². The highest BCUT2D eigenvalue weighted by atomic mass is 32.2. The first-order valence-corrected chi connectivity index (χ1v) is 6.92. The topological polar surface area (TPSA) is 61.8 Å². The average molecular weight is 500 g/mol. The number of alkyl halides is 15. The van der Waals surface area contributed by atoms with Crippen LogP contribution in [0.4, 0.5) is 70.4 Å². The Morgan fingerprint density at radius 3 is 1.17 bits per heavy atom. The smallest absolute Gasteiger partial charge is 0.262 e. The number of hydrogen-bond acceptors (Lipinski definition) is 5. The van der Waals surface area contributed by atoms with Gasteiger partial charge in [-0.15, -0.1) is 0 Å². The summed E-state index contributed by atoms with van der Waals surface area (Å²) in [5.41, 5.74) is 0. The zero-order chi connectivity index (χ0) is 24.1. The van der Waals surface area contributed by atoms with Gasteiger partial charge in [0.05, 0.1) is 0 Å². The van der Waals surface area contributed by atoms with Crippen molar-refractivity contribution in [3.8, 4) is 0 Å². The van der Waals surface area contributed by atoms with Gasteiger partial charge in [-0.25, -0.2) is 4.74 Å². The van der Waals surface area contributed by atoms with E-state index in [4.69, 9.17) is 0 Å². The van der Waals surface area contributed by atoms with E-state index in [2.05, 4.69) is 0 Å². The minimum absolute atomic E-state index is 1.21. The maximum atomic E-state index is 13.4. The molecule has 0 spiro atoms. The third-order valence-electron chi connectivity index (χ3n) is 2.33. The molecule has 22 heteroatoms. The summed E-state index contributed by atoms with van der Waals surface area (Å²) in [5.74, 6) is -7.99. The third-order valence-corrected chi connectivity index (χ3v) is 3.36. The van der Waals surface area contributed by atoms with E-state index in [9.17, 15) is 78.8 Å². The molecular weight excluding hydrogens is 500 g/mol. The largest absolute Gasteiger partial charge is 0.483 e. The van der Waals surface area contributed by atoms with Crippen molar-refractivity contribution >= 4 is 10.1 Å². The van der Waals surface area contributed by atoms with Crippen LogP contribution >= 0.6 is 0 Å². The molecule has 0 amide bonds. The van der Waals surface area contributed by atoms with Gasteiger partial charge in [0.15, 0.2) is 0 Å². The summed E-state index contributed by atoms with van der Waals surface area (Å²) < 4.78 is 224. The van der Waals surface area contributed by atoms with Gasteiger partial charge in [0, 0.05) is 0 Å². The molecule has 0 fully saturated rings. The molecule has 0 radical (unpaired) electrons. The predicted octanol–water partition coefficient (Wildman–Crippen LogP) is 4.41. The Morgan fingerprint density at radius 2 is 0.897 bits per heavy atom. The molecule has 176 valence electrons. The van der Waals surface area contributed by atoms with Crippen molar-refractivity contribution in [2.45, 2.75) is 41.8 Å². The molecule has 0 aromatic rings. The van der Waals surface area contributed by atoms with Gasteiger partial charge in [0.1, 0.15) is 0 Å². The highest BCUT2D eigenvalue weighted by Gasteiger charge is 2.84. The number of halogens is 16. The van der Waals surface area contributed by atoms with Crippen molar-refractivity contribution in [1.29, 1.82) is 0 Å². The zero-order valence-corrected chi connectivity index (χ0v) is 12.8. The summed E-state index contributed by atoms with van der Waals surface area (Å²) in [4.78, 5) is 0. The standard InChI is InChI=1S/C7F16O5S/c8-1(2(9,10)11,4(15,16)27-5(17,18)3(12,13)14)26-6(19,20)7(21,22)29(24,25)28-23. The lowest BCUT2D eigenvalue weighted by atomic mass is 10.2. The number of rotatable bonds is 8. The summed E-state index contributed by atoms with van der Waals surface area (Å²) in [6, 6.07) is 0. The minimum atomic E-state index is -7.99. The third kappa shape index (κ3) is 4.73. The van der Waals surface area contributed by atoms with Gasteiger partial charge in [-0.05, 0) is 4.53 Å². The number of ether oxygens (including phenoxy) is 2. The first-order chi connectivity index (χ1) is 12.2. The normalized spacial score (nSPS) is 17.9. The molecule has 5 nitrogen and oxygen atoms in total. The van der Waals surface area contributed by atoms with E-state index in [0.29, 0.717) is 0 Å². The van der Waals surface area contributed by atoms with Crippen molar-refractivity contribution in [3.05, 3.63) is 0 Å². The highest BCUT2D eigenvalue weighted by molar-refractivity contribution is 7.87. The van der Waals surface area contributed by atoms with E-state index in [1.54, 1.807) is 0 Å². The lowest BCUT2D eigenvalue weighted by Crippen LogP contribution is -2.66. The van der Waals surface area contributed by atoms with Crippen LogP contribution in [-0.4, -0.2) is 50.2 Å². The van der Waals surface area contributed by atoms with Gasteiger partial charge in [-0.2, -0.15) is 74.3 Å². The van der Waals surface area contributed by atoms with Crippen molar-refractivity contribution in [1.82, 2.24) is 0 Å². The maximum Gasteiger partial charge on any atom is 0.483 e. The molecule has 0 saturated heterocycles. The van der Waals surface area contributed by atoms with E-state index < -0.39 is 51.9 Å². The Kier molecular flexibility index (Phi) is 6.83. The van der Waals surface area contributed by atoms with Crippen molar-refractivity contribution in [2.24, 2.45) is 0 Å². The molecule has 0 N–H and O–H groups in total. The summed E-state index contributed by atoms with van der Waals surface area (Å²) in [6.45, 7) is 0.